The molecular weight excluding hydrogens is 372 g/mol. The number of fused-ring (bicyclic) bond motifs is 2. The van der Waals surface area contributed by atoms with E-state index in [9.17, 15) is 4.79 Å². The van der Waals surface area contributed by atoms with Gasteiger partial charge in [0.2, 0.25) is 5.91 Å². The summed E-state index contributed by atoms with van der Waals surface area (Å²) in [5.74, 6) is 0.524. The molecule has 6 nitrogen and oxygen atoms in total. The van der Waals surface area contributed by atoms with Gasteiger partial charge in [-0.2, -0.15) is 0 Å². The number of carbonyl (C=O) groups is 1. The van der Waals surface area contributed by atoms with Gasteiger partial charge in [-0.25, -0.2) is 4.98 Å². The van der Waals surface area contributed by atoms with Crippen molar-refractivity contribution >= 4 is 28.7 Å². The van der Waals surface area contributed by atoms with E-state index in [2.05, 4.69) is 26.7 Å². The van der Waals surface area contributed by atoms with Gasteiger partial charge in [0, 0.05) is 17.3 Å². The molecule has 0 aliphatic carbocycles. The quantitative estimate of drug-likeness (QED) is 0.570. The molecule has 4 aromatic heterocycles. The predicted molar refractivity (Wildman–Crippen MR) is 108 cm³/mol. The Morgan fingerprint density at radius 3 is 3.07 bits per heavy atom. The largest absolute Gasteiger partial charge is 0.372 e. The van der Waals surface area contributed by atoms with Crippen LogP contribution in [0.5, 0.6) is 0 Å². The highest BCUT2D eigenvalue weighted by atomic mass is 32.1. The minimum Gasteiger partial charge on any atom is -0.372 e. The molecule has 0 aromatic carbocycles. The molecule has 5 rings (SSSR count). The molecule has 0 bridgehead atoms. The maximum absolute atomic E-state index is 12.9. The molecule has 7 heteroatoms. The van der Waals surface area contributed by atoms with Crippen LogP contribution in [0.3, 0.4) is 0 Å². The third kappa shape index (κ3) is 3.08. The third-order valence-corrected chi connectivity index (χ3v) is 5.88. The maximum Gasteiger partial charge on any atom is 0.228 e. The number of carbonyl (C=O) groups excluding carboxylic acids is 1. The van der Waals surface area contributed by atoms with Crippen molar-refractivity contribution in [2.45, 2.75) is 18.9 Å². The zero-order valence-electron chi connectivity index (χ0n) is 15.0. The number of thiophene rings is 1. The smallest absolute Gasteiger partial charge is 0.228 e. The average molecular weight is 390 g/mol. The van der Waals surface area contributed by atoms with Crippen LogP contribution in [-0.4, -0.2) is 26.9 Å². The minimum absolute atomic E-state index is 0.103. The van der Waals surface area contributed by atoms with Crippen LogP contribution in [0.25, 0.3) is 17.0 Å². The fourth-order valence-corrected chi connectivity index (χ4v) is 4.53. The van der Waals surface area contributed by atoms with E-state index in [1.165, 1.54) is 5.56 Å². The molecular formula is C21H18N4O2S. The first-order valence-electron chi connectivity index (χ1n) is 9.16. The van der Waals surface area contributed by atoms with Crippen LogP contribution >= 0.6 is 11.3 Å². The van der Waals surface area contributed by atoms with Gasteiger partial charge in [0.05, 0.1) is 18.7 Å². The van der Waals surface area contributed by atoms with Gasteiger partial charge in [-0.3, -0.25) is 14.2 Å². The first-order valence-corrected chi connectivity index (χ1v) is 10.0. The summed E-state index contributed by atoms with van der Waals surface area (Å²) in [6.07, 6.45) is 4.60. The first-order chi connectivity index (χ1) is 13.8. The van der Waals surface area contributed by atoms with Crippen LogP contribution in [0, 0.1) is 0 Å². The number of hydrogen-bond acceptors (Lipinski definition) is 5. The van der Waals surface area contributed by atoms with Crippen molar-refractivity contribution < 1.29 is 9.53 Å². The van der Waals surface area contributed by atoms with Gasteiger partial charge in [-0.15, -0.1) is 11.3 Å². The third-order valence-electron chi connectivity index (χ3n) is 4.83. The molecule has 1 aliphatic rings. The molecule has 1 atom stereocenters. The topological polar surface area (TPSA) is 68.5 Å². The van der Waals surface area contributed by atoms with E-state index in [0.717, 1.165) is 22.6 Å². The fraction of sp³-hybridized carbons (Fsp3) is 0.190. The van der Waals surface area contributed by atoms with Crippen LogP contribution < -0.4 is 5.32 Å². The van der Waals surface area contributed by atoms with Gasteiger partial charge < -0.3 is 10.1 Å². The number of imidazole rings is 1. The number of anilines is 1. The van der Waals surface area contributed by atoms with Crippen LogP contribution in [-0.2, 0) is 16.0 Å². The summed E-state index contributed by atoms with van der Waals surface area (Å²) in [4.78, 5) is 23.1. The van der Waals surface area contributed by atoms with Gasteiger partial charge in [0.15, 0.2) is 0 Å². The van der Waals surface area contributed by atoms with E-state index in [-0.39, 0.29) is 18.4 Å². The second-order valence-electron chi connectivity index (χ2n) is 6.62. The summed E-state index contributed by atoms with van der Waals surface area (Å²) in [6.45, 7) is 0.649. The zero-order valence-corrected chi connectivity index (χ0v) is 15.9. The summed E-state index contributed by atoms with van der Waals surface area (Å²) in [7, 11) is 0. The van der Waals surface area contributed by atoms with Crippen LogP contribution in [0.15, 0.2) is 60.2 Å². The SMILES string of the molecule is O=C(CC1OCCc2ccsc21)Nc1c(-c2ccccn2)nc2ccccn12. The van der Waals surface area contributed by atoms with Crippen molar-refractivity contribution in [1.82, 2.24) is 14.4 Å². The summed E-state index contributed by atoms with van der Waals surface area (Å²) in [5, 5.41) is 5.11. The molecule has 4 aromatic rings. The van der Waals surface area contributed by atoms with Gasteiger partial charge in [-0.05, 0) is 47.7 Å². The molecule has 0 fully saturated rings. The lowest BCUT2D eigenvalue weighted by molar-refractivity contribution is -0.119. The molecule has 0 saturated heterocycles. The molecule has 1 N–H and O–H groups in total. The second-order valence-corrected chi connectivity index (χ2v) is 7.57. The average Bonchev–Trinajstić information content (AvgIpc) is 3.34. The van der Waals surface area contributed by atoms with Crippen molar-refractivity contribution in [3.05, 3.63) is 70.7 Å². The fourth-order valence-electron chi connectivity index (χ4n) is 3.52. The molecule has 140 valence electrons. The standard InChI is InChI=1S/C21H18N4O2S/c26-18(13-16-20-14(7-11-27-16)8-12-28-20)24-21-19(15-5-1-3-9-22-15)23-17-6-2-4-10-25(17)21/h1-6,8-10,12,16H,7,11,13H2,(H,24,26). The number of hydrogen-bond donors (Lipinski definition) is 1. The van der Waals surface area contributed by atoms with E-state index in [0.29, 0.717) is 18.1 Å². The van der Waals surface area contributed by atoms with Crippen LogP contribution in [0.1, 0.15) is 23.0 Å². The summed E-state index contributed by atoms with van der Waals surface area (Å²) in [5.41, 5.74) is 3.42. The molecule has 28 heavy (non-hydrogen) atoms. The van der Waals surface area contributed by atoms with Crippen molar-refractivity contribution in [2.75, 3.05) is 11.9 Å². The Morgan fingerprint density at radius 2 is 2.18 bits per heavy atom. The maximum atomic E-state index is 12.9. The van der Waals surface area contributed by atoms with Crippen molar-refractivity contribution in [1.29, 1.82) is 0 Å². The summed E-state index contributed by atoms with van der Waals surface area (Å²) in [6, 6.07) is 13.5. The first kappa shape index (κ1) is 17.1. The van der Waals surface area contributed by atoms with Gasteiger partial charge >= 0.3 is 0 Å². The Bertz CT molecular complexity index is 1140. The zero-order chi connectivity index (χ0) is 18.9. The second kappa shape index (κ2) is 7.18. The lowest BCUT2D eigenvalue weighted by atomic mass is 10.1. The number of aromatic nitrogens is 3. The Balaban J connectivity index is 1.46. The predicted octanol–water partition coefficient (Wildman–Crippen LogP) is 4.10. The number of nitrogens with zero attached hydrogens (tertiary/aromatic N) is 3. The number of rotatable bonds is 4. The Morgan fingerprint density at radius 1 is 1.25 bits per heavy atom. The molecule has 1 aliphatic heterocycles. The van der Waals surface area contributed by atoms with Crippen molar-refractivity contribution in [3.8, 4) is 11.4 Å². The summed E-state index contributed by atoms with van der Waals surface area (Å²) >= 11 is 1.65. The van der Waals surface area contributed by atoms with Crippen LogP contribution in [0.2, 0.25) is 0 Å². The van der Waals surface area contributed by atoms with Gasteiger partial charge in [0.25, 0.3) is 0 Å². The van der Waals surface area contributed by atoms with E-state index in [1.54, 1.807) is 17.5 Å². The highest BCUT2D eigenvalue weighted by Crippen LogP contribution is 2.34. The monoisotopic (exact) mass is 390 g/mol. The van der Waals surface area contributed by atoms with E-state index in [1.807, 2.05) is 47.0 Å². The highest BCUT2D eigenvalue weighted by molar-refractivity contribution is 7.10. The minimum atomic E-state index is -0.193. The van der Waals surface area contributed by atoms with Crippen LogP contribution in [0.4, 0.5) is 5.82 Å². The molecule has 0 radical (unpaired) electrons. The Hall–Kier alpha value is -3.03. The molecule has 0 saturated carbocycles. The van der Waals surface area contributed by atoms with Gasteiger partial charge in [-0.1, -0.05) is 12.1 Å². The lowest BCUT2D eigenvalue weighted by Gasteiger charge is -2.22. The van der Waals surface area contributed by atoms with Gasteiger partial charge in [0.1, 0.15) is 23.3 Å². The summed E-state index contributed by atoms with van der Waals surface area (Å²) < 4.78 is 7.74. The Labute approximate surface area is 165 Å². The van der Waals surface area contributed by atoms with Crippen molar-refractivity contribution in [2.24, 2.45) is 0 Å². The molecule has 1 unspecified atom stereocenters. The number of pyridine rings is 2. The Kier molecular flexibility index (Phi) is 4.38. The molecule has 5 heterocycles. The van der Waals surface area contributed by atoms with E-state index < -0.39 is 0 Å². The van der Waals surface area contributed by atoms with E-state index >= 15 is 0 Å². The normalized spacial score (nSPS) is 16.1. The molecule has 0 spiro atoms. The number of nitrogens with one attached hydrogen (secondary N) is 1. The highest BCUT2D eigenvalue weighted by Gasteiger charge is 2.26. The number of ether oxygens (including phenoxy) is 1. The van der Waals surface area contributed by atoms with E-state index in [4.69, 9.17) is 4.74 Å². The lowest BCUT2D eigenvalue weighted by Crippen LogP contribution is -2.21. The number of amides is 1. The van der Waals surface area contributed by atoms with Crippen molar-refractivity contribution in [3.63, 3.8) is 0 Å². The molecule has 1 amide bonds.